The molecule has 0 bridgehead atoms. The third-order valence-electron chi connectivity index (χ3n) is 3.74. The first-order valence-corrected chi connectivity index (χ1v) is 6.39. The van der Waals surface area contributed by atoms with Gasteiger partial charge in [0.25, 0.3) is 0 Å². The van der Waals surface area contributed by atoms with E-state index < -0.39 is 0 Å². The number of ketones is 1. The van der Waals surface area contributed by atoms with Gasteiger partial charge in [0.2, 0.25) is 0 Å². The Morgan fingerprint density at radius 1 is 1.24 bits per heavy atom. The Morgan fingerprint density at radius 2 is 1.94 bits per heavy atom. The summed E-state index contributed by atoms with van der Waals surface area (Å²) in [6, 6.07) is 7.50. The van der Waals surface area contributed by atoms with Crippen LogP contribution in [-0.2, 0) is 0 Å². The number of benzene rings is 1. The minimum absolute atomic E-state index is 0.221. The van der Waals surface area contributed by atoms with Crippen LogP contribution in [0.1, 0.15) is 43.0 Å². The molecule has 1 aliphatic carbocycles. The van der Waals surface area contributed by atoms with Crippen molar-refractivity contribution in [1.82, 2.24) is 0 Å². The van der Waals surface area contributed by atoms with Crippen molar-refractivity contribution in [3.05, 3.63) is 29.8 Å². The monoisotopic (exact) mass is 232 g/mol. The van der Waals surface area contributed by atoms with E-state index in [1.807, 2.05) is 24.3 Å². The number of hydrogen-bond donors (Lipinski definition) is 0. The first-order valence-electron chi connectivity index (χ1n) is 6.39. The molecule has 0 aliphatic heterocycles. The summed E-state index contributed by atoms with van der Waals surface area (Å²) in [5, 5.41) is 0. The lowest BCUT2D eigenvalue weighted by molar-refractivity contribution is 0.0875. The van der Waals surface area contributed by atoms with Gasteiger partial charge >= 0.3 is 0 Å². The van der Waals surface area contributed by atoms with Crippen molar-refractivity contribution in [2.75, 3.05) is 7.11 Å². The van der Waals surface area contributed by atoms with Crippen LogP contribution in [0.5, 0.6) is 5.75 Å². The molecule has 1 fully saturated rings. The zero-order valence-electron chi connectivity index (χ0n) is 10.6. The maximum absolute atomic E-state index is 12.3. The molecule has 2 nitrogen and oxygen atoms in total. The number of rotatable bonds is 3. The molecule has 0 atom stereocenters. The van der Waals surface area contributed by atoms with E-state index in [0.29, 0.717) is 0 Å². The van der Waals surface area contributed by atoms with Crippen molar-refractivity contribution < 1.29 is 9.53 Å². The van der Waals surface area contributed by atoms with E-state index >= 15 is 0 Å². The predicted molar refractivity (Wildman–Crippen MR) is 68.4 cm³/mol. The molecule has 1 saturated carbocycles. The molecule has 2 heteroatoms. The van der Waals surface area contributed by atoms with Crippen molar-refractivity contribution in [2.24, 2.45) is 11.8 Å². The lowest BCUT2D eigenvalue weighted by Crippen LogP contribution is -2.20. The standard InChI is InChI=1S/C15H20O2/c1-11-6-8-12(9-7-11)15(16)13-4-3-5-14(10-13)17-2/h3-5,10-12H,6-9H2,1-2H3. The molecule has 92 valence electrons. The first kappa shape index (κ1) is 12.2. The molecule has 0 radical (unpaired) electrons. The average Bonchev–Trinajstić information content (AvgIpc) is 2.39. The number of carbonyl (C=O) groups is 1. The van der Waals surface area contributed by atoms with Gasteiger partial charge < -0.3 is 4.74 Å². The fraction of sp³-hybridized carbons (Fsp3) is 0.533. The highest BCUT2D eigenvalue weighted by molar-refractivity contribution is 5.98. The molecule has 0 N–H and O–H groups in total. The molecule has 0 unspecified atom stereocenters. The van der Waals surface area contributed by atoms with Gasteiger partial charge in [-0.2, -0.15) is 0 Å². The van der Waals surface area contributed by atoms with Crippen LogP contribution in [-0.4, -0.2) is 12.9 Å². The Morgan fingerprint density at radius 3 is 2.59 bits per heavy atom. The third-order valence-corrected chi connectivity index (χ3v) is 3.74. The van der Waals surface area contributed by atoms with Gasteiger partial charge in [0, 0.05) is 11.5 Å². The van der Waals surface area contributed by atoms with Gasteiger partial charge in [-0.1, -0.05) is 31.9 Å². The second kappa shape index (κ2) is 5.35. The van der Waals surface area contributed by atoms with E-state index in [0.717, 1.165) is 30.1 Å². The Bertz CT molecular complexity index is 390. The van der Waals surface area contributed by atoms with E-state index in [-0.39, 0.29) is 11.7 Å². The molecule has 0 saturated heterocycles. The molecule has 0 spiro atoms. The van der Waals surface area contributed by atoms with Crippen LogP contribution in [0.2, 0.25) is 0 Å². The highest BCUT2D eigenvalue weighted by Crippen LogP contribution is 2.31. The van der Waals surface area contributed by atoms with Crippen LogP contribution < -0.4 is 4.74 Å². The van der Waals surface area contributed by atoms with Crippen LogP contribution in [0.3, 0.4) is 0 Å². The van der Waals surface area contributed by atoms with Crippen molar-refractivity contribution in [2.45, 2.75) is 32.6 Å². The molecule has 0 amide bonds. The van der Waals surface area contributed by atoms with Crippen LogP contribution in [0.25, 0.3) is 0 Å². The van der Waals surface area contributed by atoms with E-state index in [4.69, 9.17) is 4.74 Å². The fourth-order valence-corrected chi connectivity index (χ4v) is 2.53. The number of hydrogen-bond acceptors (Lipinski definition) is 2. The van der Waals surface area contributed by atoms with Crippen molar-refractivity contribution in [3.8, 4) is 5.75 Å². The number of ether oxygens (including phenoxy) is 1. The van der Waals surface area contributed by atoms with Gasteiger partial charge in [-0.15, -0.1) is 0 Å². The maximum atomic E-state index is 12.3. The highest BCUT2D eigenvalue weighted by Gasteiger charge is 2.25. The van der Waals surface area contributed by atoms with Crippen LogP contribution >= 0.6 is 0 Å². The summed E-state index contributed by atoms with van der Waals surface area (Å²) in [5.41, 5.74) is 0.795. The minimum atomic E-state index is 0.221. The fourth-order valence-electron chi connectivity index (χ4n) is 2.53. The molecule has 0 aromatic heterocycles. The summed E-state index contributed by atoms with van der Waals surface area (Å²) in [4.78, 5) is 12.3. The Balaban J connectivity index is 2.08. The van der Waals surface area contributed by atoms with Crippen molar-refractivity contribution in [1.29, 1.82) is 0 Å². The molecule has 2 rings (SSSR count). The second-order valence-corrected chi connectivity index (χ2v) is 5.05. The zero-order valence-corrected chi connectivity index (χ0v) is 10.6. The van der Waals surface area contributed by atoms with Crippen molar-refractivity contribution in [3.63, 3.8) is 0 Å². The van der Waals surface area contributed by atoms with E-state index in [1.165, 1.54) is 12.8 Å². The Labute approximate surface area is 103 Å². The lowest BCUT2D eigenvalue weighted by Gasteiger charge is -2.25. The van der Waals surface area contributed by atoms with Gasteiger partial charge in [0.05, 0.1) is 7.11 Å². The predicted octanol–water partition coefficient (Wildman–Crippen LogP) is 3.70. The van der Waals surface area contributed by atoms with Crippen LogP contribution in [0.4, 0.5) is 0 Å². The van der Waals surface area contributed by atoms with E-state index in [9.17, 15) is 4.79 Å². The Hall–Kier alpha value is -1.31. The summed E-state index contributed by atoms with van der Waals surface area (Å²) in [5.74, 6) is 2.05. The minimum Gasteiger partial charge on any atom is -0.497 e. The van der Waals surface area contributed by atoms with Gasteiger partial charge in [0.1, 0.15) is 5.75 Å². The van der Waals surface area contributed by atoms with Crippen LogP contribution in [0, 0.1) is 11.8 Å². The zero-order chi connectivity index (χ0) is 12.3. The third kappa shape index (κ3) is 2.87. The topological polar surface area (TPSA) is 26.3 Å². The smallest absolute Gasteiger partial charge is 0.166 e. The van der Waals surface area contributed by atoms with Gasteiger partial charge in [0.15, 0.2) is 5.78 Å². The van der Waals surface area contributed by atoms with Crippen LogP contribution in [0.15, 0.2) is 24.3 Å². The summed E-state index contributed by atoms with van der Waals surface area (Å²) in [6.45, 7) is 2.27. The molecule has 17 heavy (non-hydrogen) atoms. The molecule has 1 aliphatic rings. The molecule has 1 aromatic carbocycles. The molecular formula is C15H20O2. The number of carbonyl (C=O) groups excluding carboxylic acids is 1. The average molecular weight is 232 g/mol. The highest BCUT2D eigenvalue weighted by atomic mass is 16.5. The summed E-state index contributed by atoms with van der Waals surface area (Å²) in [6.07, 6.45) is 4.44. The quantitative estimate of drug-likeness (QED) is 0.743. The lowest BCUT2D eigenvalue weighted by atomic mass is 9.79. The van der Waals surface area contributed by atoms with Gasteiger partial charge in [-0.3, -0.25) is 4.79 Å². The van der Waals surface area contributed by atoms with E-state index in [2.05, 4.69) is 6.92 Å². The van der Waals surface area contributed by atoms with E-state index in [1.54, 1.807) is 7.11 Å². The van der Waals surface area contributed by atoms with Crippen molar-refractivity contribution >= 4 is 5.78 Å². The first-order chi connectivity index (χ1) is 8.20. The summed E-state index contributed by atoms with van der Waals surface area (Å²) in [7, 11) is 1.63. The molecule has 0 heterocycles. The maximum Gasteiger partial charge on any atom is 0.166 e. The number of Topliss-reactive ketones (excluding diaryl/α,β-unsaturated/α-hetero) is 1. The molecule has 1 aromatic rings. The number of methoxy groups -OCH3 is 1. The van der Waals surface area contributed by atoms with Gasteiger partial charge in [-0.05, 0) is 30.9 Å². The normalized spacial score (nSPS) is 24.4. The molecular weight excluding hydrogens is 212 g/mol. The summed E-state index contributed by atoms with van der Waals surface area (Å²) < 4.78 is 5.16. The Kier molecular flexibility index (Phi) is 3.82. The SMILES string of the molecule is COc1cccc(C(=O)C2CCC(C)CC2)c1. The summed E-state index contributed by atoms with van der Waals surface area (Å²) >= 11 is 0. The largest absolute Gasteiger partial charge is 0.497 e. The van der Waals surface area contributed by atoms with Gasteiger partial charge in [-0.25, -0.2) is 0 Å². The second-order valence-electron chi connectivity index (χ2n) is 5.05.